The first kappa shape index (κ1) is 16.0. The molecule has 2 aliphatic rings. The Morgan fingerprint density at radius 3 is 1.04 bits per heavy atom. The predicted molar refractivity (Wildman–Crippen MR) is 109 cm³/mol. The Morgan fingerprint density at radius 2 is 0.760 bits per heavy atom. The SMILES string of the molecule is C1=Cc2cc3ccc(cc4nc(cc5ccc(cc1n2)[nH]5)C=C4)[nH]3.[BiH3]. The summed E-state index contributed by atoms with van der Waals surface area (Å²) in [7, 11) is 0. The molecule has 3 aromatic rings. The van der Waals surface area contributed by atoms with Gasteiger partial charge in [0.15, 0.2) is 0 Å². The Labute approximate surface area is 163 Å². The van der Waals surface area contributed by atoms with E-state index in [1.54, 1.807) is 0 Å². The second kappa shape index (κ2) is 6.42. The van der Waals surface area contributed by atoms with Gasteiger partial charge in [0.25, 0.3) is 0 Å². The van der Waals surface area contributed by atoms with Gasteiger partial charge in [-0.25, -0.2) is 9.97 Å². The number of aromatic amines is 2. The maximum absolute atomic E-state index is 4.63. The Hall–Kier alpha value is -2.52. The molecule has 0 fully saturated rings. The van der Waals surface area contributed by atoms with Gasteiger partial charge < -0.3 is 9.97 Å². The zero-order valence-electron chi connectivity index (χ0n) is 13.5. The molecule has 0 aromatic carbocycles. The summed E-state index contributed by atoms with van der Waals surface area (Å²) in [5.74, 6) is 0. The van der Waals surface area contributed by atoms with Crippen molar-refractivity contribution in [2.24, 2.45) is 0 Å². The summed E-state index contributed by atoms with van der Waals surface area (Å²) < 4.78 is 0. The van der Waals surface area contributed by atoms with Gasteiger partial charge in [-0.05, 0) is 72.8 Å². The Morgan fingerprint density at radius 1 is 0.480 bits per heavy atom. The van der Waals surface area contributed by atoms with Gasteiger partial charge in [0, 0.05) is 22.1 Å². The van der Waals surface area contributed by atoms with Crippen LogP contribution in [-0.2, 0) is 0 Å². The van der Waals surface area contributed by atoms with Crippen molar-refractivity contribution in [2.75, 3.05) is 0 Å². The van der Waals surface area contributed by atoms with Crippen LogP contribution in [0.4, 0.5) is 0 Å². The van der Waals surface area contributed by atoms with E-state index in [9.17, 15) is 0 Å². The molecule has 2 aliphatic heterocycles. The van der Waals surface area contributed by atoms with E-state index < -0.39 is 0 Å². The fourth-order valence-electron chi connectivity index (χ4n) is 2.94. The summed E-state index contributed by atoms with van der Waals surface area (Å²) in [6, 6.07) is 16.4. The molecule has 0 saturated heterocycles. The van der Waals surface area contributed by atoms with Crippen LogP contribution in [0.3, 0.4) is 0 Å². The molecule has 8 bridgehead atoms. The van der Waals surface area contributed by atoms with E-state index in [-0.39, 0.29) is 26.2 Å². The third-order valence-electron chi connectivity index (χ3n) is 4.04. The van der Waals surface area contributed by atoms with Gasteiger partial charge in [-0.1, -0.05) is 0 Å². The van der Waals surface area contributed by atoms with Crippen LogP contribution < -0.4 is 0 Å². The van der Waals surface area contributed by atoms with E-state index in [0.717, 1.165) is 44.8 Å². The standard InChI is InChI=1S/C20H14N4.Bi.3H/c1-2-14-10-16-5-6-18(23-16)12-20-8-7-19(24-20)11-17-4-3-15(22-17)9-13(1)21-14;;;;/h1-12,21,24H;;;;. The fourth-order valence-corrected chi connectivity index (χ4v) is 2.94. The molecule has 5 rings (SSSR count). The second-order valence-electron chi connectivity index (χ2n) is 5.91. The zero-order chi connectivity index (χ0) is 15.9. The van der Waals surface area contributed by atoms with Gasteiger partial charge in [-0.3, -0.25) is 0 Å². The Balaban J connectivity index is 0.00000157. The number of nitrogens with one attached hydrogen (secondary N) is 2. The summed E-state index contributed by atoms with van der Waals surface area (Å²) in [6.07, 6.45) is 8.09. The van der Waals surface area contributed by atoms with Gasteiger partial charge in [-0.2, -0.15) is 0 Å². The summed E-state index contributed by atoms with van der Waals surface area (Å²) in [4.78, 5) is 16.0. The van der Waals surface area contributed by atoms with E-state index in [1.165, 1.54) is 0 Å². The first-order chi connectivity index (χ1) is 11.8. The monoisotopic (exact) mass is 522 g/mol. The van der Waals surface area contributed by atoms with Crippen molar-refractivity contribution in [3.8, 4) is 0 Å². The van der Waals surface area contributed by atoms with Crippen LogP contribution in [0.1, 0.15) is 22.8 Å². The number of fused-ring (bicyclic) bond motifs is 8. The summed E-state index contributed by atoms with van der Waals surface area (Å²) >= 11 is 0. The van der Waals surface area contributed by atoms with Crippen LogP contribution in [0.5, 0.6) is 0 Å². The predicted octanol–water partition coefficient (Wildman–Crippen LogP) is 3.47. The Kier molecular flexibility index (Phi) is 4.10. The molecular weight excluding hydrogens is 505 g/mol. The van der Waals surface area contributed by atoms with E-state index >= 15 is 0 Å². The molecule has 0 atom stereocenters. The van der Waals surface area contributed by atoms with Gasteiger partial charge >= 0.3 is 26.2 Å². The molecule has 0 aliphatic carbocycles. The first-order valence-electron chi connectivity index (χ1n) is 7.85. The quantitative estimate of drug-likeness (QED) is 0.306. The molecule has 3 aromatic heterocycles. The molecule has 0 unspecified atom stereocenters. The van der Waals surface area contributed by atoms with Gasteiger partial charge in [0.1, 0.15) is 0 Å². The van der Waals surface area contributed by atoms with E-state index in [0.29, 0.717) is 0 Å². The zero-order valence-corrected chi connectivity index (χ0v) is 19.0. The van der Waals surface area contributed by atoms with E-state index in [4.69, 9.17) is 0 Å². The topological polar surface area (TPSA) is 57.4 Å². The number of nitrogens with zero attached hydrogens (tertiary/aromatic N) is 2. The van der Waals surface area contributed by atoms with Crippen molar-refractivity contribution in [2.45, 2.75) is 0 Å². The van der Waals surface area contributed by atoms with Crippen LogP contribution in [0.2, 0.25) is 0 Å². The number of hydrogen-bond acceptors (Lipinski definition) is 2. The third kappa shape index (κ3) is 3.33. The number of hydrogen-bond donors (Lipinski definition) is 2. The molecule has 0 amide bonds. The molecule has 0 saturated carbocycles. The summed E-state index contributed by atoms with van der Waals surface area (Å²) in [5, 5.41) is 0. The van der Waals surface area contributed by atoms with Gasteiger partial charge in [0.2, 0.25) is 0 Å². The maximum atomic E-state index is 4.63. The molecule has 5 heteroatoms. The molecule has 0 spiro atoms. The third-order valence-corrected chi connectivity index (χ3v) is 4.04. The van der Waals surface area contributed by atoms with Crippen molar-refractivity contribution in [1.82, 2.24) is 19.9 Å². The Bertz CT molecular complexity index is 990. The molecular formula is C20H17BiN4. The van der Waals surface area contributed by atoms with E-state index in [2.05, 4.69) is 44.2 Å². The van der Waals surface area contributed by atoms with Crippen LogP contribution >= 0.6 is 0 Å². The normalized spacial score (nSPS) is 12.2. The molecule has 25 heavy (non-hydrogen) atoms. The summed E-state index contributed by atoms with van der Waals surface area (Å²) in [5.41, 5.74) is 7.86. The molecule has 122 valence electrons. The van der Waals surface area contributed by atoms with Crippen molar-refractivity contribution >= 4 is 72.6 Å². The van der Waals surface area contributed by atoms with Crippen molar-refractivity contribution in [3.05, 3.63) is 71.3 Å². The molecule has 5 heterocycles. The van der Waals surface area contributed by atoms with Crippen molar-refractivity contribution in [3.63, 3.8) is 0 Å². The van der Waals surface area contributed by atoms with Crippen LogP contribution in [0.15, 0.2) is 48.5 Å². The molecule has 4 nitrogen and oxygen atoms in total. The second-order valence-corrected chi connectivity index (χ2v) is 5.91. The molecule has 2 N–H and O–H groups in total. The fraction of sp³-hybridized carbons (Fsp3) is 0. The number of aromatic nitrogens is 4. The van der Waals surface area contributed by atoms with Crippen molar-refractivity contribution < 1.29 is 0 Å². The van der Waals surface area contributed by atoms with Crippen molar-refractivity contribution in [1.29, 1.82) is 0 Å². The average Bonchev–Trinajstić information content (AvgIpc) is 3.32. The van der Waals surface area contributed by atoms with E-state index in [1.807, 2.05) is 48.6 Å². The van der Waals surface area contributed by atoms with Crippen LogP contribution in [0, 0.1) is 0 Å². The van der Waals surface area contributed by atoms with Crippen LogP contribution in [0.25, 0.3) is 46.4 Å². The minimum atomic E-state index is 0. The van der Waals surface area contributed by atoms with Gasteiger partial charge in [-0.15, -0.1) is 0 Å². The minimum absolute atomic E-state index is 0. The average molecular weight is 522 g/mol. The number of rotatable bonds is 0. The first-order valence-corrected chi connectivity index (χ1v) is 7.85. The summed E-state index contributed by atoms with van der Waals surface area (Å²) in [6.45, 7) is 0. The van der Waals surface area contributed by atoms with Crippen LogP contribution in [-0.4, -0.2) is 46.1 Å². The molecule has 0 radical (unpaired) electrons. The van der Waals surface area contributed by atoms with Gasteiger partial charge in [0.05, 0.1) is 22.8 Å². The number of H-pyrrole nitrogens is 2.